The second-order valence-electron chi connectivity index (χ2n) is 6.69. The number of nitrogens with zero attached hydrogens (tertiary/aromatic N) is 2. The van der Waals surface area contributed by atoms with E-state index in [1.165, 1.54) is 25.1 Å². The minimum Gasteiger partial charge on any atom is -0.350 e. The van der Waals surface area contributed by atoms with Gasteiger partial charge < -0.3 is 5.32 Å². The number of benzene rings is 2. The van der Waals surface area contributed by atoms with Gasteiger partial charge in [-0.1, -0.05) is 43.3 Å². The fourth-order valence-electron chi connectivity index (χ4n) is 3.07. The van der Waals surface area contributed by atoms with Crippen LogP contribution in [0.25, 0.3) is 11.0 Å². The van der Waals surface area contributed by atoms with Gasteiger partial charge in [0.1, 0.15) is 6.04 Å². The fourth-order valence-corrected chi connectivity index (χ4v) is 3.07. The van der Waals surface area contributed by atoms with Gasteiger partial charge in [0.15, 0.2) is 0 Å². The summed E-state index contributed by atoms with van der Waals surface area (Å²) >= 11 is 0. The first-order chi connectivity index (χ1) is 13.7. The van der Waals surface area contributed by atoms with E-state index in [1.807, 2.05) is 31.2 Å². The highest BCUT2D eigenvalue weighted by molar-refractivity contribution is 5.83. The molecule has 2 aromatic carbocycles. The largest absolute Gasteiger partial charge is 0.438 e. The third-order valence-electron chi connectivity index (χ3n) is 4.73. The lowest BCUT2D eigenvalue weighted by molar-refractivity contribution is -0.142. The number of alkyl halides is 3. The summed E-state index contributed by atoms with van der Waals surface area (Å²) in [5, 5.41) is 2.68. The number of nitrogens with one attached hydrogen (secondary N) is 1. The highest BCUT2D eigenvalue weighted by atomic mass is 19.4. The first kappa shape index (κ1) is 20.6. The molecule has 0 spiro atoms. The summed E-state index contributed by atoms with van der Waals surface area (Å²) in [5.74, 6) is -0.559. The summed E-state index contributed by atoms with van der Waals surface area (Å²) in [7, 11) is 0. The Bertz CT molecular complexity index is 1090. The van der Waals surface area contributed by atoms with E-state index in [4.69, 9.17) is 0 Å². The monoisotopic (exact) mass is 403 g/mol. The minimum absolute atomic E-state index is 0.00534. The second kappa shape index (κ2) is 8.06. The Morgan fingerprint density at radius 2 is 1.72 bits per heavy atom. The van der Waals surface area contributed by atoms with Crippen molar-refractivity contribution in [3.8, 4) is 0 Å². The fraction of sp³-hybridized carbons (Fsp3) is 0.286. The summed E-state index contributed by atoms with van der Waals surface area (Å²) < 4.78 is 40.7. The number of rotatable bonds is 5. The average molecular weight is 403 g/mol. The van der Waals surface area contributed by atoms with Gasteiger partial charge in [0, 0.05) is 6.54 Å². The molecule has 3 aromatic rings. The predicted molar refractivity (Wildman–Crippen MR) is 103 cm³/mol. The lowest BCUT2D eigenvalue weighted by atomic mass is 10.1. The highest BCUT2D eigenvalue weighted by Gasteiger charge is 2.38. The number of para-hydroxylation sites is 2. The number of aryl methyl sites for hydroxylation is 1. The molecule has 8 heteroatoms. The summed E-state index contributed by atoms with van der Waals surface area (Å²) in [5.41, 5.74) is -0.708. The van der Waals surface area contributed by atoms with Crippen LogP contribution in [0.2, 0.25) is 0 Å². The van der Waals surface area contributed by atoms with Crippen LogP contribution < -0.4 is 10.9 Å². The van der Waals surface area contributed by atoms with Crippen molar-refractivity contribution in [2.75, 3.05) is 0 Å². The standard InChI is InChI=1S/C21H20F3N3O2/c1-3-14-8-10-15(11-9-14)12-25-19(28)13(2)27-17-7-5-4-6-16(17)26-18(20(27)29)21(22,23)24/h4-11,13H,3,12H2,1-2H3,(H,25,28)/t13-/m1/s1. The first-order valence-corrected chi connectivity index (χ1v) is 9.16. The zero-order chi connectivity index (χ0) is 21.2. The van der Waals surface area contributed by atoms with Crippen molar-refractivity contribution in [1.82, 2.24) is 14.9 Å². The summed E-state index contributed by atoms with van der Waals surface area (Å²) in [6, 6.07) is 12.4. The van der Waals surface area contributed by atoms with Crippen molar-refractivity contribution < 1.29 is 18.0 Å². The van der Waals surface area contributed by atoms with E-state index < -0.39 is 29.4 Å². The molecule has 1 N–H and O–H groups in total. The Morgan fingerprint density at radius 1 is 1.10 bits per heavy atom. The van der Waals surface area contributed by atoms with Crippen molar-refractivity contribution in [1.29, 1.82) is 0 Å². The lowest BCUT2D eigenvalue weighted by Crippen LogP contribution is -2.38. The third-order valence-corrected chi connectivity index (χ3v) is 4.73. The molecule has 0 saturated carbocycles. The van der Waals surface area contributed by atoms with E-state index in [0.717, 1.165) is 22.1 Å². The van der Waals surface area contributed by atoms with Crippen molar-refractivity contribution >= 4 is 16.9 Å². The normalized spacial score (nSPS) is 12.7. The number of hydrogen-bond donors (Lipinski definition) is 1. The highest BCUT2D eigenvalue weighted by Crippen LogP contribution is 2.27. The van der Waals surface area contributed by atoms with E-state index >= 15 is 0 Å². The summed E-state index contributed by atoms with van der Waals surface area (Å²) in [6.07, 6.45) is -4.02. The van der Waals surface area contributed by atoms with Crippen LogP contribution in [0.1, 0.15) is 36.7 Å². The van der Waals surface area contributed by atoms with Gasteiger partial charge in [-0.15, -0.1) is 0 Å². The Balaban J connectivity index is 1.92. The van der Waals surface area contributed by atoms with E-state index in [-0.39, 0.29) is 17.6 Å². The van der Waals surface area contributed by atoms with Gasteiger partial charge in [0.05, 0.1) is 11.0 Å². The molecule has 5 nitrogen and oxygen atoms in total. The molecule has 0 radical (unpaired) electrons. The molecule has 0 fully saturated rings. The molecule has 0 bridgehead atoms. The summed E-state index contributed by atoms with van der Waals surface area (Å²) in [6.45, 7) is 3.63. The number of carbonyl (C=O) groups is 1. The van der Waals surface area contributed by atoms with E-state index in [0.29, 0.717) is 0 Å². The summed E-state index contributed by atoms with van der Waals surface area (Å²) in [4.78, 5) is 28.6. The van der Waals surface area contributed by atoms with Crippen molar-refractivity contribution in [2.45, 2.75) is 39.0 Å². The van der Waals surface area contributed by atoms with Crippen LogP contribution in [0.3, 0.4) is 0 Å². The smallest absolute Gasteiger partial charge is 0.350 e. The minimum atomic E-state index is -4.92. The molecule has 1 amide bonds. The van der Waals surface area contributed by atoms with Crippen LogP contribution in [0.5, 0.6) is 0 Å². The number of aromatic nitrogens is 2. The van der Waals surface area contributed by atoms with Crippen molar-refractivity contribution in [3.05, 3.63) is 75.7 Å². The zero-order valence-corrected chi connectivity index (χ0v) is 16.0. The van der Waals surface area contributed by atoms with Crippen molar-refractivity contribution in [2.24, 2.45) is 0 Å². The molecule has 3 rings (SSSR count). The number of amides is 1. The lowest BCUT2D eigenvalue weighted by Gasteiger charge is -2.19. The van der Waals surface area contributed by atoms with Gasteiger partial charge >= 0.3 is 6.18 Å². The van der Waals surface area contributed by atoms with Crippen LogP contribution in [-0.4, -0.2) is 15.5 Å². The number of hydrogen-bond acceptors (Lipinski definition) is 3. The Labute approximate surface area is 165 Å². The zero-order valence-electron chi connectivity index (χ0n) is 16.0. The molecule has 0 aliphatic carbocycles. The van der Waals surface area contributed by atoms with Gasteiger partial charge in [-0.25, -0.2) is 4.98 Å². The maximum Gasteiger partial charge on any atom is 0.438 e. The Hall–Kier alpha value is -3.16. The van der Waals surface area contributed by atoms with Gasteiger partial charge in [0.25, 0.3) is 5.56 Å². The SMILES string of the molecule is CCc1ccc(CNC(=O)[C@@H](C)n2c(=O)c(C(F)(F)F)nc3ccccc32)cc1. The van der Waals surface area contributed by atoms with Crippen LogP contribution in [0.15, 0.2) is 53.3 Å². The van der Waals surface area contributed by atoms with E-state index in [9.17, 15) is 22.8 Å². The molecular weight excluding hydrogens is 383 g/mol. The van der Waals surface area contributed by atoms with Gasteiger partial charge in [-0.2, -0.15) is 13.2 Å². The van der Waals surface area contributed by atoms with Gasteiger partial charge in [0.2, 0.25) is 11.6 Å². The predicted octanol–water partition coefficient (Wildman–Crippen LogP) is 3.86. The van der Waals surface area contributed by atoms with Gasteiger partial charge in [-0.05, 0) is 36.6 Å². The number of carbonyl (C=O) groups excluding carboxylic acids is 1. The molecule has 29 heavy (non-hydrogen) atoms. The number of fused-ring (bicyclic) bond motifs is 1. The molecule has 0 aliphatic rings. The maximum absolute atomic E-state index is 13.3. The molecule has 152 valence electrons. The molecule has 1 heterocycles. The van der Waals surface area contributed by atoms with Crippen molar-refractivity contribution in [3.63, 3.8) is 0 Å². The Kier molecular flexibility index (Phi) is 5.72. The molecule has 0 aliphatic heterocycles. The molecule has 0 saturated heterocycles. The second-order valence-corrected chi connectivity index (χ2v) is 6.69. The number of halogens is 3. The van der Waals surface area contributed by atoms with Crippen LogP contribution in [0.4, 0.5) is 13.2 Å². The van der Waals surface area contributed by atoms with Crippen LogP contribution in [0, 0.1) is 0 Å². The third kappa shape index (κ3) is 4.31. The quantitative estimate of drug-likeness (QED) is 0.704. The van der Waals surface area contributed by atoms with Crippen LogP contribution >= 0.6 is 0 Å². The molecule has 1 aromatic heterocycles. The molecule has 1 atom stereocenters. The first-order valence-electron chi connectivity index (χ1n) is 9.16. The average Bonchev–Trinajstić information content (AvgIpc) is 2.70. The topological polar surface area (TPSA) is 64.0 Å². The van der Waals surface area contributed by atoms with Crippen LogP contribution in [-0.2, 0) is 23.9 Å². The van der Waals surface area contributed by atoms with E-state index in [1.54, 1.807) is 6.07 Å². The molecule has 0 unspecified atom stereocenters. The van der Waals surface area contributed by atoms with Gasteiger partial charge in [-0.3, -0.25) is 14.2 Å². The molecular formula is C21H20F3N3O2. The Morgan fingerprint density at radius 3 is 2.34 bits per heavy atom. The maximum atomic E-state index is 13.3. The van der Waals surface area contributed by atoms with E-state index in [2.05, 4.69) is 10.3 Å².